The number of fused-ring (bicyclic) bond motifs is 2. The average Bonchev–Trinajstić information content (AvgIpc) is 2.77. The third-order valence-corrected chi connectivity index (χ3v) is 11.4. The number of cyclic esters (lactones) is 1. The van der Waals surface area contributed by atoms with Gasteiger partial charge in [0.1, 0.15) is 17.4 Å². The quantitative estimate of drug-likeness (QED) is 0.196. The standard InChI is InChI=1S/C26H38O8Si/c1-26(2,3)35(6,7)33-11-10-19-15-18-14-17-8-9-20(30-5)24(32-16-31-13-12-29-4)21(17)23(27)22(18)25(28)34-19/h8-9,14,19,27H,10-13,15-16H2,1-7H3/t19-/m1/s1. The normalized spacial score (nSPS) is 16.2. The molecule has 8 nitrogen and oxygen atoms in total. The highest BCUT2D eigenvalue weighted by Crippen LogP contribution is 2.45. The summed E-state index contributed by atoms with van der Waals surface area (Å²) in [5.41, 5.74) is 0.911. The van der Waals surface area contributed by atoms with Crippen LogP contribution in [0.1, 0.15) is 43.1 Å². The lowest BCUT2D eigenvalue weighted by Crippen LogP contribution is -2.41. The van der Waals surface area contributed by atoms with Crippen molar-refractivity contribution in [1.29, 1.82) is 0 Å². The number of hydrogen-bond donors (Lipinski definition) is 1. The number of carbonyl (C=O) groups excluding carboxylic acids is 1. The first-order valence-electron chi connectivity index (χ1n) is 11.9. The molecule has 2 aromatic carbocycles. The number of ether oxygens (including phenoxy) is 5. The van der Waals surface area contributed by atoms with Gasteiger partial charge in [-0.25, -0.2) is 4.79 Å². The lowest BCUT2D eigenvalue weighted by Gasteiger charge is -2.36. The summed E-state index contributed by atoms with van der Waals surface area (Å²) in [5, 5.41) is 12.4. The van der Waals surface area contributed by atoms with Crippen molar-refractivity contribution in [3.05, 3.63) is 29.3 Å². The summed E-state index contributed by atoms with van der Waals surface area (Å²) in [5.74, 6) is 0.00527. The molecule has 0 bridgehead atoms. The molecule has 35 heavy (non-hydrogen) atoms. The maximum atomic E-state index is 13.0. The third-order valence-electron chi connectivity index (χ3n) is 6.85. The van der Waals surface area contributed by atoms with Crippen LogP contribution in [0, 0.1) is 0 Å². The van der Waals surface area contributed by atoms with E-state index in [0.29, 0.717) is 49.5 Å². The van der Waals surface area contributed by atoms with Crippen molar-refractivity contribution >= 4 is 25.1 Å². The highest BCUT2D eigenvalue weighted by molar-refractivity contribution is 6.74. The van der Waals surface area contributed by atoms with E-state index in [2.05, 4.69) is 33.9 Å². The van der Waals surface area contributed by atoms with Crippen molar-refractivity contribution in [1.82, 2.24) is 0 Å². The Morgan fingerprint density at radius 2 is 1.89 bits per heavy atom. The number of benzene rings is 2. The fourth-order valence-electron chi connectivity index (χ4n) is 3.80. The van der Waals surface area contributed by atoms with E-state index in [1.165, 1.54) is 7.11 Å². The Labute approximate surface area is 208 Å². The Hall–Kier alpha value is -2.33. The summed E-state index contributed by atoms with van der Waals surface area (Å²) in [6.07, 6.45) is 0.805. The number of carbonyl (C=O) groups is 1. The van der Waals surface area contributed by atoms with Gasteiger partial charge in [0.15, 0.2) is 26.6 Å². The molecule has 1 N–H and O–H groups in total. The molecular weight excluding hydrogens is 468 g/mol. The van der Waals surface area contributed by atoms with Gasteiger partial charge in [0, 0.05) is 26.6 Å². The lowest BCUT2D eigenvalue weighted by atomic mass is 9.92. The highest BCUT2D eigenvalue weighted by Gasteiger charge is 2.38. The summed E-state index contributed by atoms with van der Waals surface area (Å²) < 4.78 is 33.6. The molecule has 1 atom stereocenters. The van der Waals surface area contributed by atoms with Crippen LogP contribution in [0.25, 0.3) is 10.8 Å². The number of methoxy groups -OCH3 is 2. The molecule has 1 aliphatic rings. The molecule has 0 unspecified atom stereocenters. The number of aromatic hydroxyl groups is 1. The van der Waals surface area contributed by atoms with Crippen LogP contribution in [0.3, 0.4) is 0 Å². The Morgan fingerprint density at radius 3 is 2.54 bits per heavy atom. The number of rotatable bonds is 11. The van der Waals surface area contributed by atoms with Gasteiger partial charge < -0.3 is 33.2 Å². The first kappa shape index (κ1) is 27.3. The molecule has 0 amide bonds. The van der Waals surface area contributed by atoms with Crippen molar-refractivity contribution in [2.24, 2.45) is 0 Å². The summed E-state index contributed by atoms with van der Waals surface area (Å²) in [4.78, 5) is 13.0. The zero-order valence-electron chi connectivity index (χ0n) is 21.9. The lowest BCUT2D eigenvalue weighted by molar-refractivity contribution is -0.00878. The largest absolute Gasteiger partial charge is 0.506 e. The van der Waals surface area contributed by atoms with Crippen molar-refractivity contribution in [2.75, 3.05) is 40.8 Å². The number of hydrogen-bond acceptors (Lipinski definition) is 8. The van der Waals surface area contributed by atoms with Crippen molar-refractivity contribution in [2.45, 2.75) is 57.8 Å². The van der Waals surface area contributed by atoms with Gasteiger partial charge in [-0.2, -0.15) is 0 Å². The van der Waals surface area contributed by atoms with Gasteiger partial charge in [-0.1, -0.05) is 26.8 Å². The van der Waals surface area contributed by atoms with E-state index in [4.69, 9.17) is 28.1 Å². The summed E-state index contributed by atoms with van der Waals surface area (Å²) >= 11 is 0. The average molecular weight is 507 g/mol. The van der Waals surface area contributed by atoms with Crippen LogP contribution < -0.4 is 9.47 Å². The second-order valence-electron chi connectivity index (χ2n) is 10.2. The van der Waals surface area contributed by atoms with E-state index in [0.717, 1.165) is 10.9 Å². The maximum absolute atomic E-state index is 13.0. The van der Waals surface area contributed by atoms with Crippen molar-refractivity contribution in [3.8, 4) is 17.2 Å². The molecule has 3 rings (SSSR count). The van der Waals surface area contributed by atoms with Gasteiger partial charge in [-0.3, -0.25) is 0 Å². The van der Waals surface area contributed by atoms with Crippen LogP contribution in [0.4, 0.5) is 0 Å². The molecule has 2 aromatic rings. The van der Waals surface area contributed by atoms with Crippen molar-refractivity contribution < 1.29 is 38.0 Å². The molecule has 0 aromatic heterocycles. The SMILES string of the molecule is COCCOCOc1c(OC)ccc2cc3c(c(O)c12)C(=O)O[C@H](CCO[Si](C)(C)C(C)(C)C)C3. The minimum atomic E-state index is -1.88. The van der Waals surface area contributed by atoms with Gasteiger partial charge in [0.05, 0.1) is 25.7 Å². The van der Waals surface area contributed by atoms with E-state index in [-0.39, 0.29) is 29.2 Å². The molecule has 0 spiro atoms. The number of esters is 1. The molecule has 9 heteroatoms. The van der Waals surface area contributed by atoms with E-state index < -0.39 is 14.3 Å². The predicted molar refractivity (Wildman–Crippen MR) is 136 cm³/mol. The van der Waals surface area contributed by atoms with E-state index in [9.17, 15) is 9.90 Å². The smallest absolute Gasteiger partial charge is 0.342 e. The number of phenols is 1. The molecule has 0 radical (unpaired) electrons. The second-order valence-corrected chi connectivity index (χ2v) is 15.1. The van der Waals surface area contributed by atoms with Gasteiger partial charge >= 0.3 is 5.97 Å². The molecule has 1 aliphatic heterocycles. The minimum absolute atomic E-state index is 0.0594. The number of phenolic OH excluding ortho intramolecular Hbond substituents is 1. The highest BCUT2D eigenvalue weighted by atomic mass is 28.4. The Kier molecular flexibility index (Phi) is 8.69. The van der Waals surface area contributed by atoms with Gasteiger partial charge in [0.25, 0.3) is 0 Å². The van der Waals surface area contributed by atoms with E-state index in [1.807, 2.05) is 12.1 Å². The van der Waals surface area contributed by atoms with E-state index in [1.54, 1.807) is 13.2 Å². The van der Waals surface area contributed by atoms with Crippen LogP contribution >= 0.6 is 0 Å². The Morgan fingerprint density at radius 1 is 1.14 bits per heavy atom. The maximum Gasteiger partial charge on any atom is 0.342 e. The topological polar surface area (TPSA) is 92.7 Å². The molecule has 0 saturated carbocycles. The first-order valence-corrected chi connectivity index (χ1v) is 14.8. The predicted octanol–water partition coefficient (Wildman–Crippen LogP) is 5.05. The molecule has 194 valence electrons. The monoisotopic (exact) mass is 506 g/mol. The van der Waals surface area contributed by atoms with Gasteiger partial charge in [0.2, 0.25) is 0 Å². The van der Waals surface area contributed by atoms with Gasteiger partial charge in [-0.15, -0.1) is 0 Å². The molecule has 1 heterocycles. The molecule has 0 aliphatic carbocycles. The van der Waals surface area contributed by atoms with Gasteiger partial charge in [-0.05, 0) is 41.2 Å². The fraction of sp³-hybridized carbons (Fsp3) is 0.577. The van der Waals surface area contributed by atoms with Crippen LogP contribution in [0.5, 0.6) is 17.2 Å². The molecule has 0 fully saturated rings. The summed E-state index contributed by atoms with van der Waals surface area (Å²) in [6.45, 7) is 12.3. The van der Waals surface area contributed by atoms with Crippen LogP contribution in [0.15, 0.2) is 18.2 Å². The summed E-state index contributed by atoms with van der Waals surface area (Å²) in [6, 6.07) is 5.51. The first-order chi connectivity index (χ1) is 16.5. The Bertz CT molecular complexity index is 1040. The van der Waals surface area contributed by atoms with Crippen molar-refractivity contribution in [3.63, 3.8) is 0 Å². The molecule has 0 saturated heterocycles. The summed E-state index contributed by atoms with van der Waals surface area (Å²) in [7, 11) is 1.22. The van der Waals surface area contributed by atoms with Crippen LogP contribution in [-0.4, -0.2) is 66.3 Å². The Balaban J connectivity index is 1.83. The fourth-order valence-corrected chi connectivity index (χ4v) is 4.86. The van der Waals surface area contributed by atoms with Crippen LogP contribution in [0.2, 0.25) is 18.1 Å². The second kappa shape index (κ2) is 11.2. The van der Waals surface area contributed by atoms with E-state index >= 15 is 0 Å². The zero-order chi connectivity index (χ0) is 25.8. The van der Waals surface area contributed by atoms with Crippen LogP contribution in [-0.2, 0) is 25.1 Å². The molecular formula is C26H38O8Si. The zero-order valence-corrected chi connectivity index (χ0v) is 22.9. The third kappa shape index (κ3) is 6.09. The minimum Gasteiger partial charge on any atom is -0.506 e.